The van der Waals surface area contributed by atoms with Crippen LogP contribution in [-0.2, 0) is 10.3 Å². The van der Waals surface area contributed by atoms with Gasteiger partial charge in [0.1, 0.15) is 10.6 Å². The summed E-state index contributed by atoms with van der Waals surface area (Å²) in [5.41, 5.74) is -0.0450. The van der Waals surface area contributed by atoms with Crippen LogP contribution in [0.3, 0.4) is 0 Å². The van der Waals surface area contributed by atoms with E-state index in [-0.39, 0.29) is 5.60 Å². The molecule has 2 nitrogen and oxygen atoms in total. The predicted octanol–water partition coefficient (Wildman–Crippen LogP) is 2.93. The van der Waals surface area contributed by atoms with Gasteiger partial charge in [-0.15, -0.1) is 11.3 Å². The first-order valence-electron chi connectivity index (χ1n) is 3.94. The van der Waals surface area contributed by atoms with Gasteiger partial charge in [0.2, 0.25) is 0 Å². The smallest absolute Gasteiger partial charge is 0.126 e. The van der Waals surface area contributed by atoms with Gasteiger partial charge in [0, 0.05) is 7.11 Å². The van der Waals surface area contributed by atoms with Crippen molar-refractivity contribution in [1.29, 1.82) is 0 Å². The van der Waals surface area contributed by atoms with Gasteiger partial charge in [0.15, 0.2) is 0 Å². The fraction of sp³-hybridized carbons (Fsp3) is 0.625. The van der Waals surface area contributed by atoms with E-state index in [0.29, 0.717) is 0 Å². The highest BCUT2D eigenvalue weighted by molar-refractivity contribution is 9.11. The maximum Gasteiger partial charge on any atom is 0.126 e. The molecule has 0 saturated heterocycles. The van der Waals surface area contributed by atoms with Gasteiger partial charge < -0.3 is 4.74 Å². The molecule has 0 atom stereocenters. The van der Waals surface area contributed by atoms with Gasteiger partial charge in [-0.2, -0.15) is 0 Å². The lowest BCUT2D eigenvalue weighted by Gasteiger charge is -2.38. The van der Waals surface area contributed by atoms with Crippen molar-refractivity contribution in [3.63, 3.8) is 0 Å². The second kappa shape index (κ2) is 3.09. The Morgan fingerprint density at radius 1 is 1.67 bits per heavy atom. The third-order valence-electron chi connectivity index (χ3n) is 2.42. The van der Waals surface area contributed by atoms with Gasteiger partial charge in [-0.3, -0.25) is 0 Å². The van der Waals surface area contributed by atoms with Crippen LogP contribution in [0.1, 0.15) is 24.3 Å². The Morgan fingerprint density at radius 3 is 2.75 bits per heavy atom. The molecule has 66 valence electrons. The van der Waals surface area contributed by atoms with E-state index in [1.54, 1.807) is 18.4 Å². The highest BCUT2D eigenvalue weighted by atomic mass is 79.9. The van der Waals surface area contributed by atoms with Gasteiger partial charge in [-0.25, -0.2) is 4.98 Å². The number of methoxy groups -OCH3 is 1. The maximum atomic E-state index is 5.50. The van der Waals surface area contributed by atoms with Crippen LogP contribution < -0.4 is 0 Å². The molecule has 0 aliphatic heterocycles. The fourth-order valence-corrected chi connectivity index (χ4v) is 2.90. The molecular formula is C8H10BrNOS. The van der Waals surface area contributed by atoms with Crippen LogP contribution in [-0.4, -0.2) is 12.1 Å². The Balaban J connectivity index is 2.27. The molecule has 0 spiro atoms. The average molecular weight is 248 g/mol. The topological polar surface area (TPSA) is 22.1 Å². The quantitative estimate of drug-likeness (QED) is 0.802. The molecule has 1 aliphatic rings. The lowest BCUT2D eigenvalue weighted by molar-refractivity contribution is -0.0779. The predicted molar refractivity (Wildman–Crippen MR) is 52.4 cm³/mol. The highest BCUT2D eigenvalue weighted by Crippen LogP contribution is 2.46. The lowest BCUT2D eigenvalue weighted by atomic mass is 9.80. The summed E-state index contributed by atoms with van der Waals surface area (Å²) < 4.78 is 6.58. The first-order valence-corrected chi connectivity index (χ1v) is 5.55. The summed E-state index contributed by atoms with van der Waals surface area (Å²) in [4.78, 5) is 4.33. The maximum absolute atomic E-state index is 5.50. The highest BCUT2D eigenvalue weighted by Gasteiger charge is 2.41. The normalized spacial score (nSPS) is 20.5. The van der Waals surface area contributed by atoms with Crippen molar-refractivity contribution in [2.24, 2.45) is 0 Å². The van der Waals surface area contributed by atoms with Gasteiger partial charge in [-0.05, 0) is 35.2 Å². The molecule has 1 heterocycles. The standard InChI is InChI=1S/C8H10BrNOS/c1-11-8(3-2-4-8)7-10-5-6(9)12-7/h5H,2-4H2,1H3. The zero-order valence-electron chi connectivity index (χ0n) is 6.84. The van der Waals surface area contributed by atoms with Crippen LogP contribution in [0.2, 0.25) is 0 Å². The van der Waals surface area contributed by atoms with Gasteiger partial charge in [0.25, 0.3) is 0 Å². The van der Waals surface area contributed by atoms with Crippen LogP contribution >= 0.6 is 27.3 Å². The number of thiazole rings is 1. The number of halogens is 1. The van der Waals surface area contributed by atoms with E-state index in [1.807, 2.05) is 6.20 Å². The Hall–Kier alpha value is 0.0700. The van der Waals surface area contributed by atoms with Crippen LogP contribution in [0, 0.1) is 0 Å². The minimum atomic E-state index is -0.0450. The summed E-state index contributed by atoms with van der Waals surface area (Å²) in [5, 5.41) is 1.11. The van der Waals surface area contributed by atoms with E-state index < -0.39 is 0 Å². The third-order valence-corrected chi connectivity index (χ3v) is 4.08. The Morgan fingerprint density at radius 2 is 2.42 bits per heavy atom. The lowest BCUT2D eigenvalue weighted by Crippen LogP contribution is -2.35. The van der Waals surface area contributed by atoms with Crippen LogP contribution in [0.5, 0.6) is 0 Å². The molecular weight excluding hydrogens is 238 g/mol. The van der Waals surface area contributed by atoms with E-state index in [9.17, 15) is 0 Å². The number of ether oxygens (including phenoxy) is 1. The Bertz CT molecular complexity index is 277. The van der Waals surface area contributed by atoms with E-state index in [2.05, 4.69) is 20.9 Å². The Labute approximate surface area is 84.1 Å². The molecule has 0 aromatic carbocycles. The van der Waals surface area contributed by atoms with E-state index >= 15 is 0 Å². The van der Waals surface area contributed by atoms with Crippen molar-refractivity contribution in [2.75, 3.05) is 7.11 Å². The van der Waals surface area contributed by atoms with Crippen molar-refractivity contribution >= 4 is 27.3 Å². The number of hydrogen-bond acceptors (Lipinski definition) is 3. The molecule has 4 heteroatoms. The molecule has 0 unspecified atom stereocenters. The van der Waals surface area contributed by atoms with Crippen LogP contribution in [0.4, 0.5) is 0 Å². The summed E-state index contributed by atoms with van der Waals surface area (Å²) in [7, 11) is 1.77. The van der Waals surface area contributed by atoms with E-state index in [0.717, 1.165) is 21.6 Å². The number of rotatable bonds is 2. The van der Waals surface area contributed by atoms with Gasteiger partial charge >= 0.3 is 0 Å². The van der Waals surface area contributed by atoms with E-state index in [1.165, 1.54) is 6.42 Å². The fourth-order valence-electron chi connectivity index (χ4n) is 1.47. The minimum absolute atomic E-state index is 0.0450. The first kappa shape index (κ1) is 8.66. The second-order valence-corrected chi connectivity index (χ2v) is 5.43. The molecule has 0 N–H and O–H groups in total. The van der Waals surface area contributed by atoms with Crippen molar-refractivity contribution in [1.82, 2.24) is 4.98 Å². The molecule has 12 heavy (non-hydrogen) atoms. The first-order chi connectivity index (χ1) is 5.77. The number of nitrogens with zero attached hydrogens (tertiary/aromatic N) is 1. The molecule has 1 saturated carbocycles. The zero-order chi connectivity index (χ0) is 8.60. The molecule has 1 aromatic rings. The second-order valence-electron chi connectivity index (χ2n) is 3.02. The summed E-state index contributed by atoms with van der Waals surface area (Å²) in [6.45, 7) is 0. The number of aromatic nitrogens is 1. The largest absolute Gasteiger partial charge is 0.371 e. The minimum Gasteiger partial charge on any atom is -0.371 e. The van der Waals surface area contributed by atoms with Crippen LogP contribution in [0.25, 0.3) is 0 Å². The summed E-state index contributed by atoms with van der Waals surface area (Å²) in [5.74, 6) is 0. The molecule has 1 fully saturated rings. The molecule has 1 aliphatic carbocycles. The summed E-state index contributed by atoms with van der Waals surface area (Å²) in [6, 6.07) is 0. The molecule has 0 bridgehead atoms. The summed E-state index contributed by atoms with van der Waals surface area (Å²) >= 11 is 5.08. The summed E-state index contributed by atoms with van der Waals surface area (Å²) in [6.07, 6.45) is 5.33. The SMILES string of the molecule is COC1(c2ncc(Br)s2)CCC1. The van der Waals surface area contributed by atoms with Crippen molar-refractivity contribution < 1.29 is 4.74 Å². The molecule has 0 radical (unpaired) electrons. The van der Waals surface area contributed by atoms with Crippen molar-refractivity contribution in [3.05, 3.63) is 15.0 Å². The number of hydrogen-bond donors (Lipinski definition) is 0. The average Bonchev–Trinajstić information content (AvgIpc) is 2.35. The van der Waals surface area contributed by atoms with Crippen LogP contribution in [0.15, 0.2) is 9.98 Å². The van der Waals surface area contributed by atoms with Gasteiger partial charge in [-0.1, -0.05) is 0 Å². The molecule has 0 amide bonds. The monoisotopic (exact) mass is 247 g/mol. The Kier molecular flexibility index (Phi) is 2.23. The van der Waals surface area contributed by atoms with E-state index in [4.69, 9.17) is 4.74 Å². The van der Waals surface area contributed by atoms with Crippen molar-refractivity contribution in [2.45, 2.75) is 24.9 Å². The third kappa shape index (κ3) is 1.22. The zero-order valence-corrected chi connectivity index (χ0v) is 9.24. The van der Waals surface area contributed by atoms with Gasteiger partial charge in [0.05, 0.1) is 9.98 Å². The van der Waals surface area contributed by atoms with Crippen molar-refractivity contribution in [3.8, 4) is 0 Å². The molecule has 2 rings (SSSR count). The molecule has 1 aromatic heterocycles.